The summed E-state index contributed by atoms with van der Waals surface area (Å²) in [4.78, 5) is 22.1. The summed E-state index contributed by atoms with van der Waals surface area (Å²) in [6.07, 6.45) is 1.04. The number of aliphatic carboxylic acids is 1. The number of carbonyl (C=O) groups is 2. The van der Waals surface area contributed by atoms with Gasteiger partial charge in [0.05, 0.1) is 19.7 Å². The Morgan fingerprint density at radius 2 is 2.32 bits per heavy atom. The van der Waals surface area contributed by atoms with Gasteiger partial charge >= 0.3 is 5.97 Å². The fraction of sp³-hybridized carbons (Fsp3) is 0.231. The van der Waals surface area contributed by atoms with E-state index in [0.29, 0.717) is 11.3 Å². The zero-order chi connectivity index (χ0) is 16.1. The molecule has 1 aliphatic rings. The number of methoxy groups -OCH3 is 1. The van der Waals surface area contributed by atoms with Crippen molar-refractivity contribution in [3.8, 4) is 11.5 Å². The van der Waals surface area contributed by atoms with Gasteiger partial charge in [0.25, 0.3) is 0 Å². The molecule has 1 heterocycles. The standard InChI is InChI=1S/C13H13N3O5S/c1-21-8-3-2-7(9(17)4-8)6-14-16-13-15-12(20)10(22-13)5-11(18)19/h2-4,6,10,17H,5H2,1H3,(H,18,19)(H,15,16,20). The first-order valence-electron chi connectivity index (χ1n) is 6.17. The third-order valence-electron chi connectivity index (χ3n) is 2.72. The summed E-state index contributed by atoms with van der Waals surface area (Å²) in [5.41, 5.74) is 0.432. The Balaban J connectivity index is 2.03. The van der Waals surface area contributed by atoms with E-state index in [0.717, 1.165) is 11.8 Å². The summed E-state index contributed by atoms with van der Waals surface area (Å²) in [6, 6.07) is 4.69. The van der Waals surface area contributed by atoms with Crippen LogP contribution in [0, 0.1) is 0 Å². The topological polar surface area (TPSA) is 121 Å². The Labute approximate surface area is 129 Å². The average Bonchev–Trinajstić information content (AvgIpc) is 2.80. The normalized spacial score (nSPS) is 19.6. The van der Waals surface area contributed by atoms with Crippen molar-refractivity contribution in [2.75, 3.05) is 7.11 Å². The lowest BCUT2D eigenvalue weighted by Crippen LogP contribution is -2.26. The molecular weight excluding hydrogens is 310 g/mol. The van der Waals surface area contributed by atoms with Crippen molar-refractivity contribution in [3.05, 3.63) is 23.8 Å². The number of thioether (sulfide) groups is 1. The molecule has 22 heavy (non-hydrogen) atoms. The summed E-state index contributed by atoms with van der Waals surface area (Å²) in [6.45, 7) is 0. The van der Waals surface area contributed by atoms with Crippen LogP contribution in [0.1, 0.15) is 12.0 Å². The van der Waals surface area contributed by atoms with Gasteiger partial charge < -0.3 is 20.3 Å². The number of hydrogen-bond donors (Lipinski definition) is 3. The number of nitrogens with one attached hydrogen (secondary N) is 1. The number of nitrogens with zero attached hydrogens (tertiary/aromatic N) is 2. The minimum atomic E-state index is -1.06. The number of carboxylic acid groups (broad SMARTS) is 1. The van der Waals surface area contributed by atoms with Crippen LogP contribution in [0.15, 0.2) is 28.4 Å². The van der Waals surface area contributed by atoms with E-state index in [1.807, 2.05) is 0 Å². The number of amidine groups is 1. The molecule has 1 fully saturated rings. The number of amides is 1. The SMILES string of the molecule is COc1ccc(C=NN=C2NC(=O)C(CC(=O)O)S2)c(O)c1. The lowest BCUT2D eigenvalue weighted by Gasteiger charge is -2.01. The van der Waals surface area contributed by atoms with Gasteiger partial charge in [-0.3, -0.25) is 9.59 Å². The number of ether oxygens (including phenoxy) is 1. The van der Waals surface area contributed by atoms with Crippen LogP contribution < -0.4 is 10.1 Å². The molecule has 1 saturated heterocycles. The maximum Gasteiger partial charge on any atom is 0.305 e. The number of carbonyl (C=O) groups excluding carboxylic acids is 1. The highest BCUT2D eigenvalue weighted by molar-refractivity contribution is 8.15. The third-order valence-corrected chi connectivity index (χ3v) is 3.79. The molecule has 3 N–H and O–H groups in total. The van der Waals surface area contributed by atoms with Crippen molar-refractivity contribution < 1.29 is 24.5 Å². The first kappa shape index (κ1) is 15.8. The van der Waals surface area contributed by atoms with Gasteiger partial charge in [-0.1, -0.05) is 11.8 Å². The molecular formula is C13H13N3O5S. The van der Waals surface area contributed by atoms with Crippen LogP contribution in [0.5, 0.6) is 11.5 Å². The van der Waals surface area contributed by atoms with E-state index >= 15 is 0 Å². The average molecular weight is 323 g/mol. The predicted octanol–water partition coefficient (Wildman–Crippen LogP) is 0.797. The molecule has 0 aliphatic carbocycles. The summed E-state index contributed by atoms with van der Waals surface area (Å²) in [5.74, 6) is -0.972. The molecule has 1 amide bonds. The van der Waals surface area contributed by atoms with Gasteiger partial charge in [-0.2, -0.15) is 5.10 Å². The van der Waals surface area contributed by atoms with Crippen molar-refractivity contribution in [1.82, 2.24) is 5.32 Å². The van der Waals surface area contributed by atoms with Crippen molar-refractivity contribution in [2.45, 2.75) is 11.7 Å². The highest BCUT2D eigenvalue weighted by atomic mass is 32.2. The minimum absolute atomic E-state index is 0.0184. The molecule has 0 saturated carbocycles. The molecule has 1 aromatic carbocycles. The Kier molecular flexibility index (Phi) is 4.99. The Morgan fingerprint density at radius 3 is 2.95 bits per heavy atom. The van der Waals surface area contributed by atoms with Crippen molar-refractivity contribution in [1.29, 1.82) is 0 Å². The zero-order valence-corrected chi connectivity index (χ0v) is 12.3. The van der Waals surface area contributed by atoms with E-state index in [1.54, 1.807) is 12.1 Å². The Morgan fingerprint density at radius 1 is 1.55 bits per heavy atom. The van der Waals surface area contributed by atoms with Crippen molar-refractivity contribution >= 4 is 35.0 Å². The molecule has 1 unspecified atom stereocenters. The minimum Gasteiger partial charge on any atom is -0.507 e. The van der Waals surface area contributed by atoms with Gasteiger partial charge in [0.2, 0.25) is 5.91 Å². The monoisotopic (exact) mass is 323 g/mol. The van der Waals surface area contributed by atoms with E-state index in [4.69, 9.17) is 9.84 Å². The lowest BCUT2D eigenvalue weighted by atomic mass is 10.2. The molecule has 0 bridgehead atoms. The van der Waals surface area contributed by atoms with Crippen molar-refractivity contribution in [2.24, 2.45) is 10.2 Å². The molecule has 2 rings (SSSR count). The molecule has 1 aromatic rings. The van der Waals surface area contributed by atoms with Crippen LogP contribution in [0.3, 0.4) is 0 Å². The summed E-state index contributed by atoms with van der Waals surface area (Å²) in [5, 5.41) is 27.9. The molecule has 0 radical (unpaired) electrons. The molecule has 8 nitrogen and oxygen atoms in total. The van der Waals surface area contributed by atoms with E-state index in [1.165, 1.54) is 19.4 Å². The smallest absolute Gasteiger partial charge is 0.305 e. The Hall–Kier alpha value is -2.55. The van der Waals surface area contributed by atoms with Crippen LogP contribution in [-0.4, -0.2) is 45.8 Å². The van der Waals surface area contributed by atoms with Crippen molar-refractivity contribution in [3.63, 3.8) is 0 Å². The van der Waals surface area contributed by atoms with E-state index < -0.39 is 17.1 Å². The van der Waals surface area contributed by atoms with Crippen LogP contribution in [0.4, 0.5) is 0 Å². The molecule has 116 valence electrons. The number of phenolic OH excluding ortho intramolecular Hbond substituents is 1. The molecule has 0 aromatic heterocycles. The van der Waals surface area contributed by atoms with Crippen LogP contribution in [0.25, 0.3) is 0 Å². The van der Waals surface area contributed by atoms with E-state index in [2.05, 4.69) is 15.5 Å². The second-order valence-electron chi connectivity index (χ2n) is 4.27. The van der Waals surface area contributed by atoms with Crippen LogP contribution >= 0.6 is 11.8 Å². The second kappa shape index (κ2) is 6.94. The lowest BCUT2D eigenvalue weighted by molar-refractivity contribution is -0.138. The van der Waals surface area contributed by atoms with Crippen LogP contribution in [0.2, 0.25) is 0 Å². The van der Waals surface area contributed by atoms with E-state index in [-0.39, 0.29) is 17.3 Å². The number of hydrogen-bond acceptors (Lipinski definition) is 7. The largest absolute Gasteiger partial charge is 0.507 e. The van der Waals surface area contributed by atoms with Gasteiger partial charge in [0.15, 0.2) is 5.17 Å². The molecule has 9 heteroatoms. The quantitative estimate of drug-likeness (QED) is 0.544. The highest BCUT2D eigenvalue weighted by Crippen LogP contribution is 2.23. The Bertz CT molecular complexity index is 659. The zero-order valence-electron chi connectivity index (χ0n) is 11.5. The van der Waals surface area contributed by atoms with Gasteiger partial charge in [0.1, 0.15) is 16.7 Å². The van der Waals surface area contributed by atoms with Crippen LogP contribution in [-0.2, 0) is 9.59 Å². The maximum absolute atomic E-state index is 11.5. The van der Waals surface area contributed by atoms with Gasteiger partial charge in [-0.25, -0.2) is 0 Å². The first-order valence-corrected chi connectivity index (χ1v) is 7.05. The summed E-state index contributed by atoms with van der Waals surface area (Å²) < 4.78 is 4.96. The second-order valence-corrected chi connectivity index (χ2v) is 5.46. The fourth-order valence-electron chi connectivity index (χ4n) is 1.65. The van der Waals surface area contributed by atoms with E-state index in [9.17, 15) is 14.7 Å². The highest BCUT2D eigenvalue weighted by Gasteiger charge is 2.32. The number of rotatable bonds is 5. The summed E-state index contributed by atoms with van der Waals surface area (Å²) in [7, 11) is 1.49. The number of carboxylic acids is 1. The maximum atomic E-state index is 11.5. The molecule has 1 atom stereocenters. The number of aromatic hydroxyl groups is 1. The third kappa shape index (κ3) is 3.98. The van der Waals surface area contributed by atoms with Gasteiger partial charge in [-0.05, 0) is 12.1 Å². The van der Waals surface area contributed by atoms with Gasteiger partial charge in [-0.15, -0.1) is 5.10 Å². The first-order chi connectivity index (χ1) is 10.5. The number of benzene rings is 1. The summed E-state index contributed by atoms with van der Waals surface area (Å²) >= 11 is 1.00. The van der Waals surface area contributed by atoms with Gasteiger partial charge in [0, 0.05) is 11.6 Å². The number of phenols is 1. The molecule has 1 aliphatic heterocycles. The molecule has 0 spiro atoms. The predicted molar refractivity (Wildman–Crippen MR) is 81.5 cm³/mol. The fourth-order valence-corrected chi connectivity index (χ4v) is 2.56.